The Labute approximate surface area is 245 Å². The van der Waals surface area contributed by atoms with Crippen molar-refractivity contribution >= 4 is 40.8 Å². The number of anilines is 1. The minimum Gasteiger partial charge on any atom is -0.490 e. The molecule has 0 saturated carbocycles. The highest BCUT2D eigenvalue weighted by molar-refractivity contribution is 6.35. The summed E-state index contributed by atoms with van der Waals surface area (Å²) < 4.78 is 11.9. The number of benzene rings is 4. The van der Waals surface area contributed by atoms with E-state index in [4.69, 9.17) is 37.7 Å². The molecular weight excluding hydrogens is 539 g/mol. The molecule has 4 aromatic rings. The fraction of sp³-hybridized carbons (Fsp3) is 0.206. The van der Waals surface area contributed by atoms with Gasteiger partial charge in [-0.3, -0.25) is 4.99 Å². The van der Waals surface area contributed by atoms with E-state index in [0.717, 1.165) is 23.2 Å². The molecule has 0 aromatic heterocycles. The van der Waals surface area contributed by atoms with E-state index in [-0.39, 0.29) is 6.04 Å². The largest absolute Gasteiger partial charge is 0.490 e. The van der Waals surface area contributed by atoms with Crippen molar-refractivity contribution in [3.63, 3.8) is 0 Å². The predicted octanol–water partition coefficient (Wildman–Crippen LogP) is 9.55. The molecule has 6 rings (SSSR count). The van der Waals surface area contributed by atoms with Gasteiger partial charge in [-0.25, -0.2) is 0 Å². The summed E-state index contributed by atoms with van der Waals surface area (Å²) in [7, 11) is 0. The van der Waals surface area contributed by atoms with E-state index in [1.807, 2.05) is 37.4 Å². The van der Waals surface area contributed by atoms with Gasteiger partial charge in [0.05, 0.1) is 18.3 Å². The van der Waals surface area contributed by atoms with Crippen LogP contribution in [0.4, 0.5) is 11.4 Å². The third-order valence-electron chi connectivity index (χ3n) is 7.55. The van der Waals surface area contributed by atoms with Crippen molar-refractivity contribution in [2.75, 3.05) is 11.9 Å². The molecule has 1 aliphatic carbocycles. The normalized spacial score (nSPS) is 19.2. The number of ether oxygens (including phenoxy) is 2. The average Bonchev–Trinajstić information content (AvgIpc) is 3.47. The molecule has 2 aliphatic rings. The quantitative estimate of drug-likeness (QED) is 0.170. The van der Waals surface area contributed by atoms with Gasteiger partial charge in [-0.1, -0.05) is 71.8 Å². The summed E-state index contributed by atoms with van der Waals surface area (Å²) in [6.45, 7) is 2.79. The lowest BCUT2D eigenvalue weighted by atomic mass is 9.77. The lowest BCUT2D eigenvalue weighted by molar-refractivity contribution is 0.269. The first kappa shape index (κ1) is 26.5. The van der Waals surface area contributed by atoms with Gasteiger partial charge in [-0.05, 0) is 84.5 Å². The molecule has 0 amide bonds. The number of nitrogens with one attached hydrogen (secondary N) is 1. The number of hydrogen-bond acceptors (Lipinski definition) is 4. The molecule has 0 unspecified atom stereocenters. The Hall–Kier alpha value is -3.73. The van der Waals surface area contributed by atoms with E-state index < -0.39 is 0 Å². The fourth-order valence-electron chi connectivity index (χ4n) is 5.58. The average molecular weight is 570 g/mol. The molecule has 0 fully saturated rings. The van der Waals surface area contributed by atoms with Crippen LogP contribution in [0.25, 0.3) is 0 Å². The van der Waals surface area contributed by atoms with Crippen molar-refractivity contribution in [1.29, 1.82) is 0 Å². The topological polar surface area (TPSA) is 42.8 Å². The van der Waals surface area contributed by atoms with Gasteiger partial charge >= 0.3 is 0 Å². The highest BCUT2D eigenvalue weighted by atomic mass is 35.5. The van der Waals surface area contributed by atoms with Gasteiger partial charge in [-0.15, -0.1) is 0 Å². The van der Waals surface area contributed by atoms with Gasteiger partial charge in [-0.2, -0.15) is 0 Å². The molecular formula is C34H30Cl2N2O2. The van der Waals surface area contributed by atoms with Crippen molar-refractivity contribution in [2.45, 2.75) is 31.9 Å². The van der Waals surface area contributed by atoms with Crippen LogP contribution in [0, 0.1) is 5.92 Å². The highest BCUT2D eigenvalue weighted by Crippen LogP contribution is 2.49. The Bertz CT molecular complexity index is 1560. The molecule has 4 nitrogen and oxygen atoms in total. The molecule has 40 heavy (non-hydrogen) atoms. The standard InChI is InChI=1S/C34H30Cl2N2O2/c1-2-39-33-18-22(10-17-32(33)40-21-24-11-14-25(35)19-30(24)36)20-37-26-15-12-23(13-16-26)34-29-8-5-7-27(29)28-6-3-4-9-31(28)38-34/h3-7,9-20,27,29,34,38H,2,8,21H2,1H3/t27-,29+,34+/m1/s1. The predicted molar refractivity (Wildman–Crippen MR) is 165 cm³/mol. The second-order valence-electron chi connectivity index (χ2n) is 10.1. The Kier molecular flexibility index (Phi) is 7.81. The molecule has 0 bridgehead atoms. The van der Waals surface area contributed by atoms with Crippen molar-refractivity contribution < 1.29 is 9.47 Å². The van der Waals surface area contributed by atoms with Gasteiger partial charge in [0.2, 0.25) is 0 Å². The molecule has 4 aromatic carbocycles. The Morgan fingerprint density at radius 2 is 1.77 bits per heavy atom. The van der Waals surface area contributed by atoms with Crippen LogP contribution in [0.3, 0.4) is 0 Å². The van der Waals surface area contributed by atoms with Gasteiger partial charge < -0.3 is 14.8 Å². The smallest absolute Gasteiger partial charge is 0.161 e. The molecule has 1 aliphatic heterocycles. The van der Waals surface area contributed by atoms with E-state index in [1.165, 1.54) is 16.8 Å². The first-order chi connectivity index (χ1) is 19.6. The third-order valence-corrected chi connectivity index (χ3v) is 8.14. The van der Waals surface area contributed by atoms with Crippen LogP contribution in [0.1, 0.15) is 47.6 Å². The minimum absolute atomic E-state index is 0.275. The molecule has 6 heteroatoms. The number of halogens is 2. The zero-order valence-electron chi connectivity index (χ0n) is 22.2. The number of allylic oxidation sites excluding steroid dienone is 2. The maximum Gasteiger partial charge on any atom is 0.161 e. The summed E-state index contributed by atoms with van der Waals surface area (Å²) in [5, 5.41) is 4.96. The van der Waals surface area contributed by atoms with E-state index >= 15 is 0 Å². The summed E-state index contributed by atoms with van der Waals surface area (Å²) >= 11 is 12.3. The Morgan fingerprint density at radius 3 is 2.60 bits per heavy atom. The van der Waals surface area contributed by atoms with Gasteiger partial charge in [0, 0.05) is 33.4 Å². The van der Waals surface area contributed by atoms with Crippen LogP contribution in [0.5, 0.6) is 11.5 Å². The molecule has 0 spiro atoms. The van der Waals surface area contributed by atoms with Crippen LogP contribution in [-0.2, 0) is 6.61 Å². The number of hydrogen-bond donors (Lipinski definition) is 1. The Balaban J connectivity index is 1.15. The maximum absolute atomic E-state index is 6.30. The molecule has 0 radical (unpaired) electrons. The summed E-state index contributed by atoms with van der Waals surface area (Å²) in [5.41, 5.74) is 6.60. The fourth-order valence-corrected chi connectivity index (χ4v) is 6.04. The number of rotatable bonds is 8. The second kappa shape index (κ2) is 11.8. The SMILES string of the molecule is CCOc1cc(C=Nc2ccc([C@@H]3Nc4ccccc4[C@H]4C=CC[C@@H]43)cc2)ccc1OCc1ccc(Cl)cc1Cl. The van der Waals surface area contributed by atoms with E-state index in [9.17, 15) is 0 Å². The number of aliphatic imine (C=N–C) groups is 1. The van der Waals surface area contributed by atoms with Crippen molar-refractivity contribution in [2.24, 2.45) is 10.9 Å². The number of para-hydroxylation sites is 1. The first-order valence-electron chi connectivity index (χ1n) is 13.6. The van der Waals surface area contributed by atoms with E-state index in [0.29, 0.717) is 46.6 Å². The van der Waals surface area contributed by atoms with E-state index in [2.05, 4.69) is 66.0 Å². The van der Waals surface area contributed by atoms with Gasteiger partial charge in [0.25, 0.3) is 0 Å². The van der Waals surface area contributed by atoms with Crippen molar-refractivity contribution in [3.8, 4) is 11.5 Å². The van der Waals surface area contributed by atoms with Gasteiger partial charge in [0.15, 0.2) is 11.5 Å². The molecule has 3 atom stereocenters. The maximum atomic E-state index is 6.30. The minimum atomic E-state index is 0.275. The summed E-state index contributed by atoms with van der Waals surface area (Å²) in [4.78, 5) is 4.73. The van der Waals surface area contributed by atoms with Crippen molar-refractivity contribution in [3.05, 3.63) is 129 Å². The zero-order valence-corrected chi connectivity index (χ0v) is 23.7. The summed E-state index contributed by atoms with van der Waals surface area (Å²) in [6.07, 6.45) is 7.63. The first-order valence-corrected chi connectivity index (χ1v) is 14.3. The van der Waals surface area contributed by atoms with Crippen LogP contribution >= 0.6 is 23.2 Å². The highest BCUT2D eigenvalue weighted by Gasteiger charge is 2.37. The Morgan fingerprint density at radius 1 is 0.925 bits per heavy atom. The monoisotopic (exact) mass is 568 g/mol. The summed E-state index contributed by atoms with van der Waals surface area (Å²) in [5.74, 6) is 2.30. The van der Waals surface area contributed by atoms with Crippen LogP contribution in [0.2, 0.25) is 10.0 Å². The lowest BCUT2D eigenvalue weighted by Gasteiger charge is -2.37. The molecule has 1 N–H and O–H groups in total. The van der Waals surface area contributed by atoms with Crippen LogP contribution in [0.15, 0.2) is 102 Å². The lowest BCUT2D eigenvalue weighted by Crippen LogP contribution is -2.28. The molecule has 202 valence electrons. The van der Waals surface area contributed by atoms with Crippen LogP contribution < -0.4 is 14.8 Å². The third kappa shape index (κ3) is 5.60. The van der Waals surface area contributed by atoms with E-state index in [1.54, 1.807) is 12.1 Å². The van der Waals surface area contributed by atoms with Crippen LogP contribution in [-0.4, -0.2) is 12.8 Å². The number of nitrogens with zero attached hydrogens (tertiary/aromatic N) is 1. The second-order valence-corrected chi connectivity index (χ2v) is 10.9. The van der Waals surface area contributed by atoms with Crippen molar-refractivity contribution in [1.82, 2.24) is 0 Å². The number of fused-ring (bicyclic) bond motifs is 3. The van der Waals surface area contributed by atoms with Gasteiger partial charge in [0.1, 0.15) is 6.61 Å². The zero-order chi connectivity index (χ0) is 27.5. The molecule has 0 saturated heterocycles. The summed E-state index contributed by atoms with van der Waals surface area (Å²) in [6, 6.07) is 28.7. The molecule has 1 heterocycles.